The molecule has 3 amide bonds. The Balaban J connectivity index is 3.11. The number of aliphatic carboxylic acids is 2. The van der Waals surface area contributed by atoms with Crippen LogP contribution < -0.4 is 21.7 Å². The van der Waals surface area contributed by atoms with Gasteiger partial charge in [-0.3, -0.25) is 24.0 Å². The summed E-state index contributed by atoms with van der Waals surface area (Å²) in [5.41, 5.74) is 6.15. The van der Waals surface area contributed by atoms with Crippen LogP contribution in [0.15, 0.2) is 24.3 Å². The number of nitrogens with two attached hydrogens (primary N) is 1. The Morgan fingerprint density at radius 3 is 1.91 bits per heavy atom. The highest BCUT2D eigenvalue weighted by molar-refractivity contribution is 5.94. The fourth-order valence-corrected chi connectivity index (χ4v) is 2.75. The van der Waals surface area contributed by atoms with Crippen LogP contribution in [0.4, 0.5) is 0 Å². The zero-order chi connectivity index (χ0) is 26.0. The van der Waals surface area contributed by atoms with Gasteiger partial charge in [-0.2, -0.15) is 0 Å². The Bertz CT molecular complexity index is 889. The van der Waals surface area contributed by atoms with E-state index in [9.17, 15) is 34.2 Å². The van der Waals surface area contributed by atoms with Gasteiger partial charge in [0.05, 0.1) is 6.10 Å². The molecular formula is C21H30N4O9. The maximum Gasteiger partial charge on any atom is 0.325 e. The summed E-state index contributed by atoms with van der Waals surface area (Å²) >= 11 is 0. The molecule has 0 heterocycles. The molecule has 34 heavy (non-hydrogen) atoms. The average Bonchev–Trinajstić information content (AvgIpc) is 2.76. The largest absolute Gasteiger partial charge is 0.508 e. The van der Waals surface area contributed by atoms with Gasteiger partial charge in [-0.25, -0.2) is 0 Å². The molecule has 0 aliphatic rings. The van der Waals surface area contributed by atoms with Crippen LogP contribution in [0, 0.1) is 0 Å². The van der Waals surface area contributed by atoms with Crippen molar-refractivity contribution in [1.82, 2.24) is 16.0 Å². The minimum atomic E-state index is -1.41. The minimum absolute atomic E-state index is 0.0251. The zero-order valence-electron chi connectivity index (χ0n) is 18.7. The predicted molar refractivity (Wildman–Crippen MR) is 117 cm³/mol. The van der Waals surface area contributed by atoms with E-state index in [2.05, 4.69) is 16.0 Å². The van der Waals surface area contributed by atoms with Gasteiger partial charge >= 0.3 is 11.9 Å². The molecule has 1 aromatic carbocycles. The quantitative estimate of drug-likeness (QED) is 0.155. The second-order valence-electron chi connectivity index (χ2n) is 7.76. The number of carboxylic acids is 2. The van der Waals surface area contributed by atoms with Crippen LogP contribution in [0.25, 0.3) is 0 Å². The lowest BCUT2D eigenvalue weighted by Crippen LogP contribution is -2.58. The minimum Gasteiger partial charge on any atom is -0.508 e. The maximum absolute atomic E-state index is 13.0. The molecule has 0 saturated carbocycles. The summed E-state index contributed by atoms with van der Waals surface area (Å²) in [5, 5.41) is 43.8. The van der Waals surface area contributed by atoms with E-state index in [1.807, 2.05) is 0 Å². The van der Waals surface area contributed by atoms with E-state index >= 15 is 0 Å². The van der Waals surface area contributed by atoms with E-state index in [0.29, 0.717) is 5.56 Å². The van der Waals surface area contributed by atoms with E-state index in [4.69, 9.17) is 15.9 Å². The molecule has 5 atom stereocenters. The molecule has 9 N–H and O–H groups in total. The van der Waals surface area contributed by atoms with Crippen LogP contribution in [0.5, 0.6) is 5.75 Å². The molecule has 0 aromatic heterocycles. The number of nitrogens with one attached hydrogen (secondary N) is 3. The molecule has 0 aliphatic heterocycles. The van der Waals surface area contributed by atoms with Gasteiger partial charge in [0, 0.05) is 12.8 Å². The fraction of sp³-hybridized carbons (Fsp3) is 0.476. The van der Waals surface area contributed by atoms with E-state index < -0.39 is 66.4 Å². The first kappa shape index (κ1) is 28.3. The number of rotatable bonds is 13. The number of benzene rings is 1. The van der Waals surface area contributed by atoms with Crippen LogP contribution in [0.3, 0.4) is 0 Å². The Labute approximate surface area is 195 Å². The number of aliphatic hydroxyl groups excluding tert-OH is 1. The summed E-state index contributed by atoms with van der Waals surface area (Å²) in [5.74, 6) is -5.23. The molecule has 188 valence electrons. The van der Waals surface area contributed by atoms with Crippen molar-refractivity contribution >= 4 is 29.7 Å². The number of phenols is 1. The van der Waals surface area contributed by atoms with Gasteiger partial charge < -0.3 is 42.1 Å². The van der Waals surface area contributed by atoms with Crippen LogP contribution in [0.2, 0.25) is 0 Å². The molecule has 0 radical (unpaired) electrons. The van der Waals surface area contributed by atoms with Crippen molar-refractivity contribution in [2.24, 2.45) is 5.73 Å². The predicted octanol–water partition coefficient (Wildman–Crippen LogP) is -1.93. The number of phenolic OH excluding ortho intramolecular Hbond substituents is 1. The summed E-state index contributed by atoms with van der Waals surface area (Å²) < 4.78 is 0. The van der Waals surface area contributed by atoms with E-state index in [0.717, 1.165) is 0 Å². The standard InChI is InChI=1S/C21H30N4O9/c1-10(21(33)34)23-18(30)14(7-8-16(28)29)24-19(31)15(25-20(32)17(22)11(2)26)9-12-3-5-13(27)6-4-12/h3-6,10-11,14-15,17,26-27H,7-9,22H2,1-2H3,(H,23,30)(H,24,31)(H,25,32)(H,28,29)(H,33,34). The summed E-state index contributed by atoms with van der Waals surface area (Å²) in [6, 6.07) is 0.382. The molecule has 0 saturated heterocycles. The number of aliphatic hydroxyl groups is 1. The van der Waals surface area contributed by atoms with E-state index in [1.165, 1.54) is 38.1 Å². The van der Waals surface area contributed by atoms with Crippen molar-refractivity contribution < 1.29 is 44.4 Å². The first-order valence-corrected chi connectivity index (χ1v) is 10.4. The number of aromatic hydroxyl groups is 1. The molecule has 0 aliphatic carbocycles. The van der Waals surface area contributed by atoms with Crippen LogP contribution in [-0.2, 0) is 30.4 Å². The van der Waals surface area contributed by atoms with Crippen molar-refractivity contribution in [3.8, 4) is 5.75 Å². The van der Waals surface area contributed by atoms with Crippen molar-refractivity contribution in [2.75, 3.05) is 0 Å². The van der Waals surface area contributed by atoms with Crippen LogP contribution >= 0.6 is 0 Å². The van der Waals surface area contributed by atoms with Crippen molar-refractivity contribution in [3.63, 3.8) is 0 Å². The van der Waals surface area contributed by atoms with Gasteiger partial charge in [0.1, 0.15) is 29.9 Å². The van der Waals surface area contributed by atoms with Gasteiger partial charge in [0.2, 0.25) is 17.7 Å². The molecule has 5 unspecified atom stereocenters. The number of carbonyl (C=O) groups excluding carboxylic acids is 3. The number of carboxylic acid groups (broad SMARTS) is 2. The number of amides is 3. The van der Waals surface area contributed by atoms with Crippen molar-refractivity contribution in [1.29, 1.82) is 0 Å². The normalized spacial score (nSPS) is 15.2. The number of hydrogen-bond acceptors (Lipinski definition) is 8. The summed E-state index contributed by atoms with van der Waals surface area (Å²) in [4.78, 5) is 59.9. The highest BCUT2D eigenvalue weighted by atomic mass is 16.4. The third-order valence-electron chi connectivity index (χ3n) is 4.84. The highest BCUT2D eigenvalue weighted by Gasteiger charge is 2.30. The van der Waals surface area contributed by atoms with Gasteiger partial charge in [-0.05, 0) is 38.0 Å². The molecule has 13 heteroatoms. The number of hydrogen-bond donors (Lipinski definition) is 8. The molecule has 13 nitrogen and oxygen atoms in total. The lowest BCUT2D eigenvalue weighted by molar-refractivity contribution is -0.142. The third-order valence-corrected chi connectivity index (χ3v) is 4.84. The van der Waals surface area contributed by atoms with Crippen LogP contribution in [-0.4, -0.2) is 80.4 Å². The fourth-order valence-electron chi connectivity index (χ4n) is 2.75. The molecule has 0 spiro atoms. The van der Waals surface area contributed by atoms with Crippen LogP contribution in [0.1, 0.15) is 32.3 Å². The second kappa shape index (κ2) is 13.1. The van der Waals surface area contributed by atoms with E-state index in [1.54, 1.807) is 0 Å². The monoisotopic (exact) mass is 482 g/mol. The maximum atomic E-state index is 13.0. The van der Waals surface area contributed by atoms with Gasteiger partial charge in [-0.15, -0.1) is 0 Å². The Morgan fingerprint density at radius 1 is 0.882 bits per heavy atom. The van der Waals surface area contributed by atoms with Gasteiger partial charge in [-0.1, -0.05) is 12.1 Å². The lowest BCUT2D eigenvalue weighted by Gasteiger charge is -2.25. The summed E-state index contributed by atoms with van der Waals surface area (Å²) in [7, 11) is 0. The van der Waals surface area contributed by atoms with E-state index in [-0.39, 0.29) is 18.6 Å². The second-order valence-corrected chi connectivity index (χ2v) is 7.76. The van der Waals surface area contributed by atoms with Gasteiger partial charge in [0.25, 0.3) is 0 Å². The zero-order valence-corrected chi connectivity index (χ0v) is 18.7. The lowest BCUT2D eigenvalue weighted by atomic mass is 10.0. The topological polar surface area (TPSA) is 228 Å². The Morgan fingerprint density at radius 2 is 1.41 bits per heavy atom. The Hall–Kier alpha value is -3.71. The summed E-state index contributed by atoms with van der Waals surface area (Å²) in [6.07, 6.45) is -2.15. The molecule has 1 aromatic rings. The molecular weight excluding hydrogens is 452 g/mol. The van der Waals surface area contributed by atoms with Crippen molar-refractivity contribution in [2.45, 2.75) is 63.4 Å². The first-order chi connectivity index (χ1) is 15.8. The SMILES string of the molecule is CC(NC(=O)C(CCC(=O)O)NC(=O)C(Cc1ccc(O)cc1)NC(=O)C(N)C(C)O)C(=O)O. The molecule has 1 rings (SSSR count). The first-order valence-electron chi connectivity index (χ1n) is 10.4. The number of carbonyl (C=O) groups is 5. The third kappa shape index (κ3) is 9.42. The Kier molecular flexibility index (Phi) is 10.9. The van der Waals surface area contributed by atoms with Crippen molar-refractivity contribution in [3.05, 3.63) is 29.8 Å². The van der Waals surface area contributed by atoms with Gasteiger partial charge in [0.15, 0.2) is 0 Å². The molecule has 0 fully saturated rings. The highest BCUT2D eigenvalue weighted by Crippen LogP contribution is 2.12. The smallest absolute Gasteiger partial charge is 0.325 e. The average molecular weight is 482 g/mol. The summed E-state index contributed by atoms with van der Waals surface area (Å²) in [6.45, 7) is 2.48. The molecule has 0 bridgehead atoms.